The van der Waals surface area contributed by atoms with Crippen LogP contribution in [0.25, 0.3) is 0 Å². The molecule has 1 atom stereocenters. The molecule has 0 heterocycles. The highest BCUT2D eigenvalue weighted by Gasteiger charge is 2.29. The molecule has 2 N–H and O–H groups in total. The summed E-state index contributed by atoms with van der Waals surface area (Å²) < 4.78 is 35.8. The number of benzene rings is 1. The first kappa shape index (κ1) is 23.7. The maximum absolute atomic E-state index is 11.9. The predicted molar refractivity (Wildman–Crippen MR) is 90.0 cm³/mol. The average molecular weight is 333 g/mol. The molecule has 0 aliphatic carbocycles. The van der Waals surface area contributed by atoms with Gasteiger partial charge < -0.3 is 5.73 Å². The number of hydrogen-bond donors (Lipinski definition) is 1. The van der Waals surface area contributed by atoms with Gasteiger partial charge in [0.1, 0.15) is 0 Å². The van der Waals surface area contributed by atoms with E-state index in [1.165, 1.54) is 25.0 Å². The van der Waals surface area contributed by atoms with Crippen molar-refractivity contribution in [3.8, 4) is 0 Å². The number of alkyl halides is 3. The normalized spacial score (nSPS) is 11.5. The van der Waals surface area contributed by atoms with Crippen LogP contribution in [-0.2, 0) is 11.0 Å². The lowest BCUT2D eigenvalue weighted by Gasteiger charge is -2.05. The first-order valence-corrected chi connectivity index (χ1v) is 8.00. The van der Waals surface area contributed by atoms with Crippen LogP contribution in [0, 0.1) is 12.8 Å². The molecule has 0 saturated carbocycles. The van der Waals surface area contributed by atoms with Crippen molar-refractivity contribution in [1.82, 2.24) is 0 Å². The minimum Gasteiger partial charge on any atom is -0.370 e. The standard InChI is InChI=1S/C8H7F3.C6H13NO.C4H10/c1-6-2-4-7(5-3-6)8(9,10)11;1-3-5(2)4-6(7)8;1-3-4-2/h2-5H,1H3;5H,3-4H2,1-2H3,(H2,7,8);3-4H2,1-2H3. The number of carbonyl (C=O) groups excluding carboxylic acids is 1. The summed E-state index contributed by atoms with van der Waals surface area (Å²) in [6.07, 6.45) is -0.0207. The van der Waals surface area contributed by atoms with Crippen LogP contribution in [0.1, 0.15) is 64.5 Å². The molecule has 0 bridgehead atoms. The first-order valence-electron chi connectivity index (χ1n) is 8.00. The smallest absolute Gasteiger partial charge is 0.370 e. The number of halogens is 3. The van der Waals surface area contributed by atoms with Crippen molar-refractivity contribution in [1.29, 1.82) is 0 Å². The lowest BCUT2D eigenvalue weighted by molar-refractivity contribution is -0.137. The van der Waals surface area contributed by atoms with E-state index < -0.39 is 11.7 Å². The van der Waals surface area contributed by atoms with E-state index in [0.717, 1.165) is 24.1 Å². The largest absolute Gasteiger partial charge is 0.416 e. The van der Waals surface area contributed by atoms with Gasteiger partial charge in [0, 0.05) is 6.42 Å². The highest BCUT2D eigenvalue weighted by molar-refractivity contribution is 5.73. The van der Waals surface area contributed by atoms with Gasteiger partial charge >= 0.3 is 6.18 Å². The van der Waals surface area contributed by atoms with E-state index >= 15 is 0 Å². The lowest BCUT2D eigenvalue weighted by Crippen LogP contribution is -2.13. The summed E-state index contributed by atoms with van der Waals surface area (Å²) in [5.41, 5.74) is 5.17. The summed E-state index contributed by atoms with van der Waals surface area (Å²) in [4.78, 5) is 10.2. The van der Waals surface area contributed by atoms with E-state index in [4.69, 9.17) is 5.73 Å². The molecule has 1 unspecified atom stereocenters. The monoisotopic (exact) mass is 333 g/mol. The molecular formula is C18H30F3NO. The summed E-state index contributed by atoms with van der Waals surface area (Å²) in [5, 5.41) is 0. The zero-order chi connectivity index (χ0) is 18.5. The van der Waals surface area contributed by atoms with Crippen molar-refractivity contribution >= 4 is 5.91 Å². The van der Waals surface area contributed by atoms with Crippen molar-refractivity contribution in [2.24, 2.45) is 11.7 Å². The molecule has 1 aromatic carbocycles. The molecule has 134 valence electrons. The molecule has 1 amide bonds. The lowest BCUT2D eigenvalue weighted by atomic mass is 10.1. The van der Waals surface area contributed by atoms with Crippen LogP contribution in [0.2, 0.25) is 0 Å². The Hall–Kier alpha value is -1.52. The molecule has 1 rings (SSSR count). The Labute approximate surface area is 138 Å². The number of rotatable bonds is 4. The summed E-state index contributed by atoms with van der Waals surface area (Å²) in [7, 11) is 0. The Balaban J connectivity index is 0. The van der Waals surface area contributed by atoms with Gasteiger partial charge in [0.05, 0.1) is 5.56 Å². The molecule has 0 aromatic heterocycles. The Kier molecular flexibility index (Phi) is 13.4. The maximum Gasteiger partial charge on any atom is 0.416 e. The molecule has 1 aromatic rings. The van der Waals surface area contributed by atoms with Crippen molar-refractivity contribution < 1.29 is 18.0 Å². The van der Waals surface area contributed by atoms with Crippen LogP contribution in [-0.4, -0.2) is 5.91 Å². The van der Waals surface area contributed by atoms with Gasteiger partial charge in [-0.25, -0.2) is 0 Å². The van der Waals surface area contributed by atoms with Gasteiger partial charge in [-0.1, -0.05) is 64.7 Å². The third-order valence-electron chi connectivity index (χ3n) is 3.13. The summed E-state index contributed by atoms with van der Waals surface area (Å²) in [6.45, 7) is 10.2. The van der Waals surface area contributed by atoms with E-state index in [9.17, 15) is 18.0 Å². The van der Waals surface area contributed by atoms with Crippen molar-refractivity contribution in [3.05, 3.63) is 35.4 Å². The van der Waals surface area contributed by atoms with Gasteiger partial charge in [-0.2, -0.15) is 13.2 Å². The van der Waals surface area contributed by atoms with Crippen molar-refractivity contribution in [3.63, 3.8) is 0 Å². The summed E-state index contributed by atoms with van der Waals surface area (Å²) in [5.74, 6) is 0.256. The highest BCUT2D eigenvalue weighted by Crippen LogP contribution is 2.28. The zero-order valence-corrected chi connectivity index (χ0v) is 14.8. The SMILES string of the molecule is CCC(C)CC(N)=O.CCCC.Cc1ccc(C(F)(F)F)cc1. The third kappa shape index (κ3) is 15.2. The molecule has 0 spiro atoms. The van der Waals surface area contributed by atoms with Gasteiger partial charge in [0.25, 0.3) is 0 Å². The van der Waals surface area contributed by atoms with Gasteiger partial charge in [-0.05, 0) is 25.0 Å². The minimum absolute atomic E-state index is 0.195. The van der Waals surface area contributed by atoms with E-state index in [-0.39, 0.29) is 5.91 Å². The summed E-state index contributed by atoms with van der Waals surface area (Å²) >= 11 is 0. The topological polar surface area (TPSA) is 43.1 Å². The van der Waals surface area contributed by atoms with Gasteiger partial charge in [0.2, 0.25) is 5.91 Å². The Bertz CT molecular complexity index is 411. The van der Waals surface area contributed by atoms with Crippen molar-refractivity contribution in [2.75, 3.05) is 0 Å². The molecule has 0 fully saturated rings. The Morgan fingerprint density at radius 1 is 1.09 bits per heavy atom. The molecule has 2 nitrogen and oxygen atoms in total. The van der Waals surface area contributed by atoms with Gasteiger partial charge in [-0.3, -0.25) is 4.79 Å². The molecule has 5 heteroatoms. The molecule has 0 aliphatic rings. The van der Waals surface area contributed by atoms with Crippen LogP contribution in [0.5, 0.6) is 0 Å². The second kappa shape index (κ2) is 13.0. The number of hydrogen-bond acceptors (Lipinski definition) is 1. The van der Waals surface area contributed by atoms with E-state index in [1.807, 2.05) is 13.8 Å². The highest BCUT2D eigenvalue weighted by atomic mass is 19.4. The number of nitrogens with two attached hydrogens (primary N) is 1. The Morgan fingerprint density at radius 2 is 1.52 bits per heavy atom. The molecule has 0 radical (unpaired) electrons. The minimum atomic E-state index is -4.21. The fourth-order valence-electron chi connectivity index (χ4n) is 1.23. The average Bonchev–Trinajstić information content (AvgIpc) is 2.47. The van der Waals surface area contributed by atoms with Crippen LogP contribution in [0.3, 0.4) is 0 Å². The first-order chi connectivity index (χ1) is 10.6. The predicted octanol–water partition coefficient (Wildman–Crippen LogP) is 5.73. The van der Waals surface area contributed by atoms with Gasteiger partial charge in [-0.15, -0.1) is 0 Å². The number of unbranched alkanes of at least 4 members (excludes halogenated alkanes) is 1. The number of amides is 1. The number of primary amides is 1. The number of aryl methyl sites for hydroxylation is 1. The third-order valence-corrected chi connectivity index (χ3v) is 3.13. The Morgan fingerprint density at radius 3 is 1.74 bits per heavy atom. The van der Waals surface area contributed by atoms with E-state index in [1.54, 1.807) is 6.92 Å². The summed E-state index contributed by atoms with van der Waals surface area (Å²) in [6, 6.07) is 5.05. The number of carbonyl (C=O) groups is 1. The fourth-order valence-corrected chi connectivity index (χ4v) is 1.23. The van der Waals surface area contributed by atoms with Gasteiger partial charge in [0.15, 0.2) is 0 Å². The molecule has 23 heavy (non-hydrogen) atoms. The quantitative estimate of drug-likeness (QED) is 0.751. The van der Waals surface area contributed by atoms with Crippen LogP contribution in [0.15, 0.2) is 24.3 Å². The second-order valence-corrected chi connectivity index (χ2v) is 5.55. The molecule has 0 aliphatic heterocycles. The van der Waals surface area contributed by atoms with Crippen LogP contribution >= 0.6 is 0 Å². The fraction of sp³-hybridized carbons (Fsp3) is 0.611. The van der Waals surface area contributed by atoms with Crippen molar-refractivity contribution in [2.45, 2.75) is 66.5 Å². The van der Waals surface area contributed by atoms with E-state index in [0.29, 0.717) is 12.3 Å². The second-order valence-electron chi connectivity index (χ2n) is 5.55. The molecular weight excluding hydrogens is 303 g/mol. The van der Waals surface area contributed by atoms with E-state index in [2.05, 4.69) is 13.8 Å². The zero-order valence-electron chi connectivity index (χ0n) is 14.8. The molecule has 0 saturated heterocycles. The maximum atomic E-state index is 11.9. The van der Waals surface area contributed by atoms with Crippen LogP contribution < -0.4 is 5.73 Å². The van der Waals surface area contributed by atoms with Crippen LogP contribution in [0.4, 0.5) is 13.2 Å².